The fourth-order valence-electron chi connectivity index (χ4n) is 3.38. The summed E-state index contributed by atoms with van der Waals surface area (Å²) >= 11 is 0. The highest BCUT2D eigenvalue weighted by molar-refractivity contribution is 5.70. The molecule has 0 radical (unpaired) electrons. The summed E-state index contributed by atoms with van der Waals surface area (Å²) in [6, 6.07) is 0.511. The first-order chi connectivity index (χ1) is 10.9. The van der Waals surface area contributed by atoms with Gasteiger partial charge in [-0.25, -0.2) is 4.79 Å². The maximum absolute atomic E-state index is 12.4. The Hall–Kier alpha value is -1.43. The number of unbranched alkanes of at least 4 members (excludes halogenated alkanes) is 3. The van der Waals surface area contributed by atoms with E-state index in [4.69, 9.17) is 4.74 Å². The van der Waals surface area contributed by atoms with Gasteiger partial charge in [0.15, 0.2) is 0 Å². The summed E-state index contributed by atoms with van der Waals surface area (Å²) in [5, 5.41) is 0. The number of rotatable bonds is 4. The van der Waals surface area contributed by atoms with Crippen molar-refractivity contribution in [1.29, 1.82) is 0 Å². The first-order valence-electron chi connectivity index (χ1n) is 9.07. The molecule has 2 aliphatic heterocycles. The number of hydrogen-bond acceptors (Lipinski definition) is 2. The van der Waals surface area contributed by atoms with Crippen molar-refractivity contribution in [1.82, 2.24) is 4.90 Å². The van der Waals surface area contributed by atoms with E-state index >= 15 is 0 Å². The van der Waals surface area contributed by atoms with Gasteiger partial charge in [-0.15, -0.1) is 5.92 Å². The second-order valence-corrected chi connectivity index (χ2v) is 7.70. The lowest BCUT2D eigenvalue weighted by Gasteiger charge is -2.35. The van der Waals surface area contributed by atoms with Gasteiger partial charge in [-0.2, -0.15) is 0 Å². The molecule has 2 atom stereocenters. The first kappa shape index (κ1) is 17.9. The van der Waals surface area contributed by atoms with Crippen LogP contribution in [0.5, 0.6) is 0 Å². The number of carbonyl (C=O) groups excluding carboxylic acids is 1. The molecule has 0 aromatic heterocycles. The van der Waals surface area contributed by atoms with Crippen molar-refractivity contribution in [3.8, 4) is 11.8 Å². The molecule has 2 bridgehead atoms. The van der Waals surface area contributed by atoms with Crippen LogP contribution in [0.25, 0.3) is 0 Å². The molecule has 0 N–H and O–H groups in total. The average Bonchev–Trinajstić information content (AvgIpc) is 2.72. The van der Waals surface area contributed by atoms with Crippen LogP contribution < -0.4 is 0 Å². The Balaban J connectivity index is 1.89. The van der Waals surface area contributed by atoms with Gasteiger partial charge in [-0.05, 0) is 46.5 Å². The first-order valence-corrected chi connectivity index (χ1v) is 9.07. The maximum Gasteiger partial charge on any atom is 0.411 e. The largest absolute Gasteiger partial charge is 0.444 e. The highest BCUT2D eigenvalue weighted by Crippen LogP contribution is 2.36. The summed E-state index contributed by atoms with van der Waals surface area (Å²) in [4.78, 5) is 14.3. The molecule has 2 aliphatic rings. The second kappa shape index (κ2) is 7.90. The summed E-state index contributed by atoms with van der Waals surface area (Å²) in [5.74, 6) is 6.60. The molecular weight excluding hydrogens is 286 g/mol. The van der Waals surface area contributed by atoms with E-state index in [-0.39, 0.29) is 12.1 Å². The summed E-state index contributed by atoms with van der Waals surface area (Å²) in [6.07, 6.45) is 10.8. The van der Waals surface area contributed by atoms with Crippen LogP contribution in [0.2, 0.25) is 0 Å². The van der Waals surface area contributed by atoms with Crippen LogP contribution in [0.1, 0.15) is 79.1 Å². The molecular formula is C20H31NO2. The fraction of sp³-hybridized carbons (Fsp3) is 0.750. The molecule has 1 fully saturated rings. The SMILES string of the molecule is CCCCCC#CCC1=CC2CCC(C1)N2C(=O)OC(C)(C)C. The normalized spacial score (nSPS) is 23.1. The summed E-state index contributed by atoms with van der Waals surface area (Å²) < 4.78 is 5.56. The van der Waals surface area contributed by atoms with Crippen molar-refractivity contribution >= 4 is 6.09 Å². The van der Waals surface area contributed by atoms with Crippen LogP contribution in [-0.2, 0) is 4.74 Å². The number of ether oxygens (including phenoxy) is 1. The minimum atomic E-state index is -0.426. The maximum atomic E-state index is 12.4. The monoisotopic (exact) mass is 317 g/mol. The smallest absolute Gasteiger partial charge is 0.411 e. The van der Waals surface area contributed by atoms with Crippen molar-refractivity contribution in [2.45, 2.75) is 96.7 Å². The molecule has 3 heteroatoms. The van der Waals surface area contributed by atoms with E-state index in [0.717, 1.165) is 32.1 Å². The molecule has 3 nitrogen and oxygen atoms in total. The van der Waals surface area contributed by atoms with Crippen LogP contribution in [0.15, 0.2) is 11.6 Å². The predicted octanol–water partition coefficient (Wildman–Crippen LogP) is 5.06. The van der Waals surface area contributed by atoms with Crippen molar-refractivity contribution in [2.24, 2.45) is 0 Å². The van der Waals surface area contributed by atoms with Crippen molar-refractivity contribution < 1.29 is 9.53 Å². The quantitative estimate of drug-likeness (QED) is 0.412. The summed E-state index contributed by atoms with van der Waals surface area (Å²) in [7, 11) is 0. The zero-order valence-electron chi connectivity index (χ0n) is 15.2. The van der Waals surface area contributed by atoms with Gasteiger partial charge in [0.25, 0.3) is 0 Å². The Bertz CT molecular complexity index is 504. The van der Waals surface area contributed by atoms with E-state index in [2.05, 4.69) is 24.8 Å². The van der Waals surface area contributed by atoms with Gasteiger partial charge in [0.05, 0.1) is 6.04 Å². The Morgan fingerprint density at radius 2 is 2.09 bits per heavy atom. The second-order valence-electron chi connectivity index (χ2n) is 7.70. The van der Waals surface area contributed by atoms with E-state index in [1.807, 2.05) is 25.7 Å². The van der Waals surface area contributed by atoms with Crippen molar-refractivity contribution in [3.05, 3.63) is 11.6 Å². The highest BCUT2D eigenvalue weighted by Gasteiger charge is 2.41. The summed E-state index contributed by atoms with van der Waals surface area (Å²) in [5.41, 5.74) is 0.977. The number of hydrogen-bond donors (Lipinski definition) is 0. The van der Waals surface area contributed by atoms with Gasteiger partial charge < -0.3 is 4.74 Å². The third kappa shape index (κ3) is 5.30. The number of carbonyl (C=O) groups is 1. The van der Waals surface area contributed by atoms with Crippen molar-refractivity contribution in [3.63, 3.8) is 0 Å². The minimum absolute atomic E-state index is 0.161. The van der Waals surface area contributed by atoms with Crippen LogP contribution in [0.3, 0.4) is 0 Å². The van der Waals surface area contributed by atoms with E-state index in [1.165, 1.54) is 24.8 Å². The molecule has 1 saturated heterocycles. The molecule has 1 amide bonds. The lowest BCUT2D eigenvalue weighted by atomic mass is 9.99. The topological polar surface area (TPSA) is 29.5 Å². The van der Waals surface area contributed by atoms with Gasteiger partial charge in [0.1, 0.15) is 5.60 Å². The van der Waals surface area contributed by atoms with Gasteiger partial charge in [-0.3, -0.25) is 4.90 Å². The fourth-order valence-corrected chi connectivity index (χ4v) is 3.38. The molecule has 0 saturated carbocycles. The standard InChI is InChI=1S/C20H31NO2/c1-5-6-7-8-9-10-11-16-14-17-12-13-18(15-16)21(17)19(22)23-20(2,3)4/h14,17-18H,5-8,11-13,15H2,1-4H3. The molecule has 0 aliphatic carbocycles. The van der Waals surface area contributed by atoms with Crippen LogP contribution in [0, 0.1) is 11.8 Å². The minimum Gasteiger partial charge on any atom is -0.444 e. The summed E-state index contributed by atoms with van der Waals surface area (Å²) in [6.45, 7) is 7.98. The van der Waals surface area contributed by atoms with Gasteiger partial charge in [0, 0.05) is 18.9 Å². The number of fused-ring (bicyclic) bond motifs is 2. The highest BCUT2D eigenvalue weighted by atomic mass is 16.6. The van der Waals surface area contributed by atoms with E-state index in [0.29, 0.717) is 6.04 Å². The molecule has 0 aromatic rings. The Morgan fingerprint density at radius 1 is 1.30 bits per heavy atom. The van der Waals surface area contributed by atoms with E-state index in [9.17, 15) is 4.79 Å². The molecule has 2 rings (SSSR count). The van der Waals surface area contributed by atoms with Crippen LogP contribution in [0.4, 0.5) is 4.79 Å². The van der Waals surface area contributed by atoms with Crippen LogP contribution in [-0.4, -0.2) is 28.7 Å². The molecule has 0 spiro atoms. The Morgan fingerprint density at radius 3 is 2.74 bits per heavy atom. The van der Waals surface area contributed by atoms with Gasteiger partial charge in [0.2, 0.25) is 0 Å². The van der Waals surface area contributed by atoms with E-state index < -0.39 is 5.60 Å². The molecule has 0 aromatic carbocycles. The lowest BCUT2D eigenvalue weighted by Crippen LogP contribution is -2.45. The third-order valence-corrected chi connectivity index (χ3v) is 4.42. The zero-order chi connectivity index (χ0) is 16.9. The number of nitrogens with zero attached hydrogens (tertiary/aromatic N) is 1. The van der Waals surface area contributed by atoms with Gasteiger partial charge in [-0.1, -0.05) is 37.3 Å². The predicted molar refractivity (Wildman–Crippen MR) is 94.1 cm³/mol. The number of amides is 1. The third-order valence-electron chi connectivity index (χ3n) is 4.42. The van der Waals surface area contributed by atoms with E-state index in [1.54, 1.807) is 0 Å². The molecule has 128 valence electrons. The average molecular weight is 317 g/mol. The lowest BCUT2D eigenvalue weighted by molar-refractivity contribution is 0.0167. The molecule has 2 heterocycles. The molecule has 23 heavy (non-hydrogen) atoms. The Kier molecular flexibility index (Phi) is 6.16. The zero-order valence-corrected chi connectivity index (χ0v) is 15.2. The van der Waals surface area contributed by atoms with Crippen molar-refractivity contribution in [2.75, 3.05) is 0 Å². The van der Waals surface area contributed by atoms with Crippen LogP contribution >= 0.6 is 0 Å². The van der Waals surface area contributed by atoms with Gasteiger partial charge >= 0.3 is 6.09 Å². The Labute approximate surface area is 141 Å². The molecule has 2 unspecified atom stereocenters.